The summed E-state index contributed by atoms with van der Waals surface area (Å²) in [5.41, 5.74) is 2.60. The van der Waals surface area contributed by atoms with Crippen LogP contribution in [0.15, 0.2) is 42.6 Å². The summed E-state index contributed by atoms with van der Waals surface area (Å²) in [6.45, 7) is 3.60. The summed E-state index contributed by atoms with van der Waals surface area (Å²) in [4.78, 5) is 14.5. The molecular weight excluding hydrogens is 312 g/mol. The lowest BCUT2D eigenvalue weighted by atomic mass is 9.85. The van der Waals surface area contributed by atoms with E-state index in [9.17, 15) is 4.79 Å². The van der Waals surface area contributed by atoms with E-state index in [2.05, 4.69) is 56.4 Å². The Balaban J connectivity index is 1.36. The topological polar surface area (TPSA) is 50.2 Å². The van der Waals surface area contributed by atoms with Gasteiger partial charge in [0.15, 0.2) is 0 Å². The number of benzene rings is 1. The Morgan fingerprint density at radius 2 is 2.04 bits per heavy atom. The van der Waals surface area contributed by atoms with Crippen LogP contribution in [0.4, 0.5) is 0 Å². The number of hydrogen-bond donors (Lipinski definition) is 1. The lowest BCUT2D eigenvalue weighted by molar-refractivity contribution is -0.127. The highest BCUT2D eigenvalue weighted by atomic mass is 16.1. The molecule has 2 aliphatic rings. The number of nitrogens with zero attached hydrogens (tertiary/aromatic N) is 3. The number of amides is 1. The maximum absolute atomic E-state index is 12.0. The standard InChI is InChI=1S/C20H26N4O/c25-20(17-7-4-8-17)21-11-9-18-14-23(13-16-5-2-1-3-6-16)15-19-10-12-22-24(18)19/h1-3,5-6,10,12,17-18H,4,7-9,11,13-15H2,(H,21,25)/t18-/m0/s1. The van der Waals surface area contributed by atoms with Crippen molar-refractivity contribution < 1.29 is 4.79 Å². The first-order chi connectivity index (χ1) is 12.3. The van der Waals surface area contributed by atoms with E-state index in [1.807, 2.05) is 6.20 Å². The Labute approximate surface area is 149 Å². The highest BCUT2D eigenvalue weighted by Crippen LogP contribution is 2.27. The molecule has 1 aromatic heterocycles. The van der Waals surface area contributed by atoms with E-state index in [-0.39, 0.29) is 11.8 Å². The van der Waals surface area contributed by atoms with Crippen LogP contribution >= 0.6 is 0 Å². The van der Waals surface area contributed by atoms with E-state index < -0.39 is 0 Å². The van der Waals surface area contributed by atoms with Crippen LogP contribution in [0.1, 0.15) is 43.0 Å². The van der Waals surface area contributed by atoms with Crippen molar-refractivity contribution in [3.8, 4) is 0 Å². The molecule has 1 aromatic carbocycles. The van der Waals surface area contributed by atoms with Crippen LogP contribution in [0.3, 0.4) is 0 Å². The minimum atomic E-state index is 0.240. The van der Waals surface area contributed by atoms with Gasteiger partial charge in [-0.2, -0.15) is 5.10 Å². The smallest absolute Gasteiger partial charge is 0.223 e. The average molecular weight is 338 g/mol. The van der Waals surface area contributed by atoms with Crippen LogP contribution in [0.25, 0.3) is 0 Å². The Morgan fingerprint density at radius 3 is 2.80 bits per heavy atom. The zero-order valence-electron chi connectivity index (χ0n) is 14.6. The van der Waals surface area contributed by atoms with Crippen molar-refractivity contribution in [1.82, 2.24) is 20.0 Å². The van der Waals surface area contributed by atoms with E-state index in [1.165, 1.54) is 17.7 Å². The third-order valence-electron chi connectivity index (χ3n) is 5.45. The third kappa shape index (κ3) is 3.76. The number of nitrogens with one attached hydrogen (secondary N) is 1. The van der Waals surface area contributed by atoms with Gasteiger partial charge in [0.1, 0.15) is 0 Å². The van der Waals surface area contributed by atoms with Crippen LogP contribution in [0.2, 0.25) is 0 Å². The van der Waals surface area contributed by atoms with Gasteiger partial charge in [-0.15, -0.1) is 0 Å². The van der Waals surface area contributed by atoms with E-state index >= 15 is 0 Å². The van der Waals surface area contributed by atoms with Gasteiger partial charge in [-0.05, 0) is 30.9 Å². The van der Waals surface area contributed by atoms with Gasteiger partial charge in [0, 0.05) is 38.3 Å². The minimum Gasteiger partial charge on any atom is -0.356 e. The zero-order valence-corrected chi connectivity index (χ0v) is 14.6. The number of fused-ring (bicyclic) bond motifs is 1. The molecule has 25 heavy (non-hydrogen) atoms. The van der Waals surface area contributed by atoms with Crippen LogP contribution in [0.5, 0.6) is 0 Å². The molecule has 5 nitrogen and oxygen atoms in total. The fourth-order valence-electron chi connectivity index (χ4n) is 3.82. The number of carbonyl (C=O) groups excluding carboxylic acids is 1. The predicted molar refractivity (Wildman–Crippen MR) is 96.8 cm³/mol. The Hall–Kier alpha value is -2.14. The van der Waals surface area contributed by atoms with E-state index in [1.54, 1.807) is 0 Å². The first-order valence-electron chi connectivity index (χ1n) is 9.36. The molecule has 1 fully saturated rings. The van der Waals surface area contributed by atoms with Gasteiger partial charge in [0.2, 0.25) is 5.91 Å². The van der Waals surface area contributed by atoms with Gasteiger partial charge in [-0.3, -0.25) is 14.4 Å². The first-order valence-corrected chi connectivity index (χ1v) is 9.36. The maximum Gasteiger partial charge on any atom is 0.223 e. The molecule has 0 unspecified atom stereocenters. The van der Waals surface area contributed by atoms with Gasteiger partial charge in [-0.25, -0.2) is 0 Å². The summed E-state index contributed by atoms with van der Waals surface area (Å²) in [6, 6.07) is 13.0. The fraction of sp³-hybridized carbons (Fsp3) is 0.500. The summed E-state index contributed by atoms with van der Waals surface area (Å²) in [7, 11) is 0. The fourth-order valence-corrected chi connectivity index (χ4v) is 3.82. The highest BCUT2D eigenvalue weighted by molar-refractivity contribution is 5.79. The number of hydrogen-bond acceptors (Lipinski definition) is 3. The van der Waals surface area contributed by atoms with Crippen LogP contribution in [-0.2, 0) is 17.9 Å². The maximum atomic E-state index is 12.0. The minimum absolute atomic E-state index is 0.240. The van der Waals surface area contributed by atoms with Crippen LogP contribution in [0, 0.1) is 5.92 Å². The summed E-state index contributed by atoms with van der Waals surface area (Å²) in [5.74, 6) is 0.505. The number of aromatic nitrogens is 2. The van der Waals surface area contributed by atoms with Gasteiger partial charge < -0.3 is 5.32 Å². The summed E-state index contributed by atoms with van der Waals surface area (Å²) >= 11 is 0. The monoisotopic (exact) mass is 338 g/mol. The predicted octanol–water partition coefficient (Wildman–Crippen LogP) is 2.75. The second-order valence-corrected chi connectivity index (χ2v) is 7.28. The van der Waals surface area contributed by atoms with Gasteiger partial charge >= 0.3 is 0 Å². The molecule has 1 N–H and O–H groups in total. The van der Waals surface area contributed by atoms with Crippen molar-refractivity contribution in [2.75, 3.05) is 13.1 Å². The number of rotatable bonds is 6. The molecule has 1 aliphatic heterocycles. The largest absolute Gasteiger partial charge is 0.356 e. The highest BCUT2D eigenvalue weighted by Gasteiger charge is 2.27. The summed E-state index contributed by atoms with van der Waals surface area (Å²) in [5, 5.41) is 7.64. The molecule has 2 aromatic rings. The lowest BCUT2D eigenvalue weighted by Gasteiger charge is -2.34. The normalized spacial score (nSPS) is 20.7. The quantitative estimate of drug-likeness (QED) is 0.881. The van der Waals surface area contributed by atoms with Crippen molar-refractivity contribution in [2.45, 2.75) is 44.8 Å². The number of carbonyl (C=O) groups is 1. The third-order valence-corrected chi connectivity index (χ3v) is 5.45. The second kappa shape index (κ2) is 7.40. The SMILES string of the molecule is O=C(NCC[C@H]1CN(Cc2ccccc2)Cc2ccnn21)C1CCC1. The van der Waals surface area contributed by atoms with Crippen molar-refractivity contribution in [3.63, 3.8) is 0 Å². The molecule has 4 rings (SSSR count). The van der Waals surface area contributed by atoms with Crippen molar-refractivity contribution in [1.29, 1.82) is 0 Å². The van der Waals surface area contributed by atoms with Gasteiger partial charge in [0.25, 0.3) is 0 Å². The van der Waals surface area contributed by atoms with E-state index in [0.717, 1.165) is 45.4 Å². The molecule has 5 heteroatoms. The molecule has 0 spiro atoms. The molecule has 1 aliphatic carbocycles. The van der Waals surface area contributed by atoms with Gasteiger partial charge in [-0.1, -0.05) is 36.8 Å². The summed E-state index contributed by atoms with van der Waals surface area (Å²) < 4.78 is 2.15. The molecule has 2 heterocycles. The zero-order chi connectivity index (χ0) is 17.1. The van der Waals surface area contributed by atoms with Gasteiger partial charge in [0.05, 0.1) is 11.7 Å². The molecule has 1 amide bonds. The van der Waals surface area contributed by atoms with Crippen LogP contribution in [-0.4, -0.2) is 33.7 Å². The first kappa shape index (κ1) is 16.3. The molecule has 1 saturated carbocycles. The van der Waals surface area contributed by atoms with Crippen molar-refractivity contribution >= 4 is 5.91 Å². The average Bonchev–Trinajstić information content (AvgIpc) is 3.03. The molecular formula is C20H26N4O. The Kier molecular flexibility index (Phi) is 4.83. The summed E-state index contributed by atoms with van der Waals surface area (Å²) in [6.07, 6.45) is 6.14. The molecule has 1 atom stereocenters. The lowest BCUT2D eigenvalue weighted by Crippen LogP contribution is -2.40. The van der Waals surface area contributed by atoms with Crippen molar-refractivity contribution in [3.05, 3.63) is 53.9 Å². The van der Waals surface area contributed by atoms with E-state index in [4.69, 9.17) is 0 Å². The second-order valence-electron chi connectivity index (χ2n) is 7.28. The molecule has 0 radical (unpaired) electrons. The van der Waals surface area contributed by atoms with Crippen LogP contribution < -0.4 is 5.32 Å². The van der Waals surface area contributed by atoms with E-state index in [0.29, 0.717) is 6.04 Å². The molecule has 0 saturated heterocycles. The Bertz CT molecular complexity index is 707. The molecule has 132 valence electrons. The van der Waals surface area contributed by atoms with Crippen molar-refractivity contribution in [2.24, 2.45) is 5.92 Å². The Morgan fingerprint density at radius 1 is 1.20 bits per heavy atom. The molecule has 0 bridgehead atoms.